The van der Waals surface area contributed by atoms with Crippen LogP contribution in [0.4, 0.5) is 4.79 Å². The Morgan fingerprint density at radius 1 is 1.47 bits per heavy atom. The molecule has 1 aromatic rings. The molecule has 0 unspecified atom stereocenters. The van der Waals surface area contributed by atoms with Gasteiger partial charge in [0.25, 0.3) is 0 Å². The molecule has 1 aromatic heterocycles. The van der Waals surface area contributed by atoms with Gasteiger partial charge in [0.2, 0.25) is 5.88 Å². The molecule has 0 atom stereocenters. The van der Waals surface area contributed by atoms with E-state index in [1.165, 1.54) is 4.90 Å². The normalized spacial score (nSPS) is 14.2. The second kappa shape index (κ2) is 5.91. The van der Waals surface area contributed by atoms with Crippen molar-refractivity contribution in [1.82, 2.24) is 9.88 Å². The monoisotopic (exact) mass is 258 g/mol. The highest BCUT2D eigenvalue weighted by atomic mass is 16.5. The fourth-order valence-electron chi connectivity index (χ4n) is 1.68. The predicted molar refractivity (Wildman–Crippen MR) is 70.0 cm³/mol. The minimum absolute atomic E-state index is 0.403. The number of carbonyl (C=O) groups is 1. The van der Waals surface area contributed by atoms with Gasteiger partial charge in [-0.05, 0) is 12.5 Å². The molecule has 5 heteroatoms. The molecule has 2 heterocycles. The van der Waals surface area contributed by atoms with E-state index in [1.807, 2.05) is 12.1 Å². The number of amides is 1. The lowest BCUT2D eigenvalue weighted by Gasteiger charge is -2.21. The molecule has 0 saturated carbocycles. The molecule has 0 aliphatic carbocycles. The van der Waals surface area contributed by atoms with Crippen LogP contribution < -0.4 is 4.74 Å². The Morgan fingerprint density at radius 2 is 2.32 bits per heavy atom. The van der Waals surface area contributed by atoms with E-state index in [2.05, 4.69) is 16.8 Å². The highest BCUT2D eigenvalue weighted by molar-refractivity contribution is 5.65. The Bertz CT molecular complexity index is 552. The molecule has 19 heavy (non-hydrogen) atoms. The van der Waals surface area contributed by atoms with Crippen molar-refractivity contribution in [3.63, 3.8) is 0 Å². The lowest BCUT2D eigenvalue weighted by molar-refractivity contribution is 0.149. The van der Waals surface area contributed by atoms with Crippen molar-refractivity contribution in [1.29, 1.82) is 0 Å². The number of aromatic nitrogens is 1. The average Bonchev–Trinajstić information content (AvgIpc) is 2.46. The van der Waals surface area contributed by atoms with E-state index in [4.69, 9.17) is 9.84 Å². The molecule has 5 nitrogen and oxygen atoms in total. The van der Waals surface area contributed by atoms with Gasteiger partial charge in [-0.1, -0.05) is 17.9 Å². The minimum atomic E-state index is -0.886. The van der Waals surface area contributed by atoms with Crippen molar-refractivity contribution in [3.05, 3.63) is 35.5 Å². The van der Waals surface area contributed by atoms with Crippen LogP contribution in [0.5, 0.6) is 5.88 Å². The van der Waals surface area contributed by atoms with Crippen LogP contribution in [0.2, 0.25) is 0 Å². The summed E-state index contributed by atoms with van der Waals surface area (Å²) in [5.74, 6) is 6.61. The third-order valence-corrected chi connectivity index (χ3v) is 2.79. The molecule has 1 amide bonds. The molecule has 1 aliphatic heterocycles. The summed E-state index contributed by atoms with van der Waals surface area (Å²) in [5, 5.41) is 8.82. The first-order valence-corrected chi connectivity index (χ1v) is 5.88. The second-order valence-corrected chi connectivity index (χ2v) is 4.05. The number of pyridine rings is 1. The molecule has 0 saturated heterocycles. The fraction of sp³-hybridized carbons (Fsp3) is 0.286. The molecule has 2 rings (SSSR count). The SMILES string of the molecule is COc1ccc(C#CC2=CCN(C(=O)O)CC2)cn1. The van der Waals surface area contributed by atoms with Crippen LogP contribution in [-0.4, -0.2) is 41.3 Å². The summed E-state index contributed by atoms with van der Waals surface area (Å²) in [7, 11) is 1.56. The summed E-state index contributed by atoms with van der Waals surface area (Å²) in [5.41, 5.74) is 1.77. The summed E-state index contributed by atoms with van der Waals surface area (Å²) in [4.78, 5) is 16.2. The standard InChI is InChI=1S/C14H14N2O3/c1-19-13-5-4-12(10-15-13)3-2-11-6-8-16(9-7-11)14(17)18/h4-6,10H,7-9H2,1H3,(H,17,18). The minimum Gasteiger partial charge on any atom is -0.481 e. The van der Waals surface area contributed by atoms with E-state index in [1.54, 1.807) is 19.4 Å². The van der Waals surface area contributed by atoms with Crippen LogP contribution in [-0.2, 0) is 0 Å². The van der Waals surface area contributed by atoms with Gasteiger partial charge in [-0.25, -0.2) is 9.78 Å². The van der Waals surface area contributed by atoms with Crippen molar-refractivity contribution >= 4 is 6.09 Å². The predicted octanol–water partition coefficient (Wildman–Crippen LogP) is 1.75. The number of methoxy groups -OCH3 is 1. The maximum absolute atomic E-state index is 10.7. The number of carboxylic acid groups (broad SMARTS) is 1. The van der Waals surface area contributed by atoms with Gasteiger partial charge in [-0.3, -0.25) is 0 Å². The largest absolute Gasteiger partial charge is 0.481 e. The first-order valence-electron chi connectivity index (χ1n) is 5.88. The Hall–Kier alpha value is -2.48. The lowest BCUT2D eigenvalue weighted by atomic mass is 10.1. The summed E-state index contributed by atoms with van der Waals surface area (Å²) in [6, 6.07) is 3.59. The Morgan fingerprint density at radius 3 is 2.84 bits per heavy atom. The number of rotatable bonds is 1. The zero-order chi connectivity index (χ0) is 13.7. The van der Waals surface area contributed by atoms with Crippen molar-refractivity contribution in [2.24, 2.45) is 0 Å². The first kappa shape index (κ1) is 13.0. The van der Waals surface area contributed by atoms with Gasteiger partial charge in [-0.2, -0.15) is 0 Å². The van der Waals surface area contributed by atoms with E-state index in [0.29, 0.717) is 25.4 Å². The third kappa shape index (κ3) is 3.49. The Labute approximate surface area is 111 Å². The van der Waals surface area contributed by atoms with Crippen molar-refractivity contribution in [3.8, 4) is 17.7 Å². The molecule has 0 aromatic carbocycles. The third-order valence-electron chi connectivity index (χ3n) is 2.79. The van der Waals surface area contributed by atoms with Crippen molar-refractivity contribution in [2.75, 3.05) is 20.2 Å². The maximum Gasteiger partial charge on any atom is 0.407 e. The van der Waals surface area contributed by atoms with Gasteiger partial charge in [0.05, 0.1) is 7.11 Å². The topological polar surface area (TPSA) is 62.7 Å². The zero-order valence-corrected chi connectivity index (χ0v) is 10.6. The zero-order valence-electron chi connectivity index (χ0n) is 10.6. The fourth-order valence-corrected chi connectivity index (χ4v) is 1.68. The van der Waals surface area contributed by atoms with Crippen molar-refractivity contribution in [2.45, 2.75) is 6.42 Å². The van der Waals surface area contributed by atoms with Crippen LogP contribution in [0.25, 0.3) is 0 Å². The molecular formula is C14H14N2O3. The molecule has 1 aliphatic rings. The smallest absolute Gasteiger partial charge is 0.407 e. The van der Waals surface area contributed by atoms with Gasteiger partial charge in [-0.15, -0.1) is 0 Å². The van der Waals surface area contributed by atoms with Gasteiger partial charge < -0.3 is 14.7 Å². The first-order chi connectivity index (χ1) is 9.19. The van der Waals surface area contributed by atoms with Crippen molar-refractivity contribution < 1.29 is 14.6 Å². The summed E-state index contributed by atoms with van der Waals surface area (Å²) in [6.07, 6.45) is 3.27. The van der Waals surface area contributed by atoms with Crippen LogP contribution in [0.3, 0.4) is 0 Å². The van der Waals surface area contributed by atoms with E-state index in [-0.39, 0.29) is 0 Å². The maximum atomic E-state index is 10.7. The van der Waals surface area contributed by atoms with Crippen LogP contribution >= 0.6 is 0 Å². The number of ether oxygens (including phenoxy) is 1. The van der Waals surface area contributed by atoms with Crippen LogP contribution in [0.15, 0.2) is 30.0 Å². The molecule has 0 fully saturated rings. The van der Waals surface area contributed by atoms with Gasteiger partial charge in [0, 0.05) is 36.5 Å². The second-order valence-electron chi connectivity index (χ2n) is 4.05. The van der Waals surface area contributed by atoms with E-state index < -0.39 is 6.09 Å². The molecule has 0 bridgehead atoms. The van der Waals surface area contributed by atoms with Crippen LogP contribution in [0.1, 0.15) is 12.0 Å². The summed E-state index contributed by atoms with van der Waals surface area (Å²) in [6.45, 7) is 0.900. The summed E-state index contributed by atoms with van der Waals surface area (Å²) < 4.78 is 4.97. The number of hydrogen-bond donors (Lipinski definition) is 1. The molecule has 98 valence electrons. The summed E-state index contributed by atoms with van der Waals surface area (Å²) >= 11 is 0. The lowest BCUT2D eigenvalue weighted by Crippen LogP contribution is -2.33. The van der Waals surface area contributed by atoms with E-state index >= 15 is 0 Å². The van der Waals surface area contributed by atoms with Gasteiger partial charge in [0.15, 0.2) is 0 Å². The molecule has 1 N–H and O–H groups in total. The Balaban J connectivity index is 2.02. The highest BCUT2D eigenvalue weighted by Gasteiger charge is 2.14. The highest BCUT2D eigenvalue weighted by Crippen LogP contribution is 2.10. The number of nitrogens with zero attached hydrogens (tertiary/aromatic N) is 2. The average molecular weight is 258 g/mol. The molecular weight excluding hydrogens is 244 g/mol. The number of hydrogen-bond acceptors (Lipinski definition) is 3. The quantitative estimate of drug-likeness (QED) is 0.779. The van der Waals surface area contributed by atoms with Crippen LogP contribution in [0, 0.1) is 11.8 Å². The van der Waals surface area contributed by atoms with E-state index in [9.17, 15) is 4.79 Å². The molecule has 0 radical (unpaired) electrons. The Kier molecular flexibility index (Phi) is 4.04. The van der Waals surface area contributed by atoms with Gasteiger partial charge >= 0.3 is 6.09 Å². The van der Waals surface area contributed by atoms with Gasteiger partial charge in [0.1, 0.15) is 0 Å². The molecule has 0 spiro atoms. The van der Waals surface area contributed by atoms with E-state index in [0.717, 1.165) is 11.1 Å².